The lowest BCUT2D eigenvalue weighted by Crippen LogP contribution is -2.39. The average molecular weight is 465 g/mol. The van der Waals surface area contributed by atoms with Crippen molar-refractivity contribution in [1.82, 2.24) is 25.4 Å². The number of halogens is 2. The molecule has 132 valence electrons. The van der Waals surface area contributed by atoms with Crippen molar-refractivity contribution < 1.29 is 4.74 Å². The quantitative estimate of drug-likeness (QED) is 0.284. The van der Waals surface area contributed by atoms with Gasteiger partial charge in [0.1, 0.15) is 31.1 Å². The number of nitrogens with zero attached hydrogens (tertiary/aromatic N) is 4. The van der Waals surface area contributed by atoms with Crippen LogP contribution in [0, 0.1) is 0 Å². The molecular formula is C15H22ClIN6O. The van der Waals surface area contributed by atoms with Crippen molar-refractivity contribution in [2.24, 2.45) is 12.0 Å². The Morgan fingerprint density at radius 2 is 2.21 bits per heavy atom. The van der Waals surface area contributed by atoms with Gasteiger partial charge in [-0.1, -0.05) is 17.7 Å². The lowest BCUT2D eigenvalue weighted by Gasteiger charge is -2.12. The van der Waals surface area contributed by atoms with E-state index in [0.29, 0.717) is 30.7 Å². The molecule has 2 rings (SSSR count). The third-order valence-corrected chi connectivity index (χ3v) is 3.22. The first-order valence-electron chi connectivity index (χ1n) is 7.42. The van der Waals surface area contributed by atoms with E-state index < -0.39 is 0 Å². The predicted molar refractivity (Wildman–Crippen MR) is 106 cm³/mol. The second-order valence-corrected chi connectivity index (χ2v) is 5.16. The molecule has 2 N–H and O–H groups in total. The number of ether oxygens (including phenoxy) is 1. The molecule has 0 amide bonds. The molecule has 9 heteroatoms. The zero-order valence-electron chi connectivity index (χ0n) is 13.7. The Labute approximate surface area is 163 Å². The molecule has 0 saturated heterocycles. The summed E-state index contributed by atoms with van der Waals surface area (Å²) in [7, 11) is 1.84. The van der Waals surface area contributed by atoms with Crippen LogP contribution in [-0.4, -0.2) is 40.4 Å². The van der Waals surface area contributed by atoms with Crippen LogP contribution < -0.4 is 15.4 Å². The summed E-state index contributed by atoms with van der Waals surface area (Å²) in [6.07, 6.45) is 1.52. The van der Waals surface area contributed by atoms with Crippen molar-refractivity contribution >= 4 is 41.5 Å². The minimum Gasteiger partial charge on any atom is -0.492 e. The molecule has 0 saturated carbocycles. The molecule has 0 bridgehead atoms. The molecule has 1 aromatic heterocycles. The third-order valence-electron chi connectivity index (χ3n) is 2.99. The highest BCUT2D eigenvalue weighted by atomic mass is 127. The van der Waals surface area contributed by atoms with Gasteiger partial charge in [-0.15, -0.1) is 24.0 Å². The fourth-order valence-electron chi connectivity index (χ4n) is 1.85. The number of rotatable bonds is 7. The Hall–Kier alpha value is -1.55. The van der Waals surface area contributed by atoms with E-state index in [-0.39, 0.29) is 24.0 Å². The van der Waals surface area contributed by atoms with E-state index in [1.54, 1.807) is 10.7 Å². The molecule has 0 fully saturated rings. The standard InChI is InChI=1S/C15H21ClN6O.HI/c1-3-17-15(19-10-14-20-11-21-22(14)2)18-7-8-23-13-6-4-5-12(16)9-13;/h4-6,9,11H,3,7-8,10H2,1-2H3,(H2,17,18,19);1H. The summed E-state index contributed by atoms with van der Waals surface area (Å²) >= 11 is 5.91. The maximum absolute atomic E-state index is 5.91. The van der Waals surface area contributed by atoms with Gasteiger partial charge in [0.25, 0.3) is 0 Å². The maximum atomic E-state index is 5.91. The molecule has 24 heavy (non-hydrogen) atoms. The highest BCUT2D eigenvalue weighted by molar-refractivity contribution is 14.0. The summed E-state index contributed by atoms with van der Waals surface area (Å²) in [5, 5.41) is 11.1. The lowest BCUT2D eigenvalue weighted by atomic mass is 10.3. The molecule has 0 atom stereocenters. The molecule has 0 spiro atoms. The number of guanidine groups is 1. The fourth-order valence-corrected chi connectivity index (χ4v) is 2.03. The van der Waals surface area contributed by atoms with Gasteiger partial charge in [0.15, 0.2) is 5.96 Å². The molecule has 1 aromatic carbocycles. The molecule has 0 radical (unpaired) electrons. The highest BCUT2D eigenvalue weighted by Crippen LogP contribution is 2.16. The monoisotopic (exact) mass is 464 g/mol. The number of benzene rings is 1. The van der Waals surface area contributed by atoms with Crippen molar-refractivity contribution in [2.45, 2.75) is 13.5 Å². The first-order chi connectivity index (χ1) is 11.2. The van der Waals surface area contributed by atoms with Gasteiger partial charge in [0, 0.05) is 18.6 Å². The Morgan fingerprint density at radius 1 is 1.38 bits per heavy atom. The minimum absolute atomic E-state index is 0. The van der Waals surface area contributed by atoms with Crippen molar-refractivity contribution in [1.29, 1.82) is 0 Å². The first kappa shape index (κ1) is 20.5. The van der Waals surface area contributed by atoms with E-state index >= 15 is 0 Å². The number of nitrogens with one attached hydrogen (secondary N) is 2. The number of aromatic nitrogens is 3. The van der Waals surface area contributed by atoms with E-state index in [1.165, 1.54) is 6.33 Å². The maximum Gasteiger partial charge on any atom is 0.191 e. The van der Waals surface area contributed by atoms with Crippen LogP contribution >= 0.6 is 35.6 Å². The Bertz CT molecular complexity index is 648. The molecule has 1 heterocycles. The van der Waals surface area contributed by atoms with Gasteiger partial charge in [-0.05, 0) is 25.1 Å². The zero-order valence-corrected chi connectivity index (χ0v) is 16.8. The van der Waals surface area contributed by atoms with Crippen molar-refractivity contribution in [3.05, 3.63) is 41.4 Å². The van der Waals surface area contributed by atoms with E-state index in [0.717, 1.165) is 18.1 Å². The van der Waals surface area contributed by atoms with E-state index in [9.17, 15) is 0 Å². The molecular weight excluding hydrogens is 443 g/mol. The van der Waals surface area contributed by atoms with Crippen molar-refractivity contribution in [3.8, 4) is 5.75 Å². The Kier molecular flexibility index (Phi) is 9.46. The predicted octanol–water partition coefficient (Wildman–Crippen LogP) is 2.22. The summed E-state index contributed by atoms with van der Waals surface area (Å²) in [5.41, 5.74) is 0. The smallest absolute Gasteiger partial charge is 0.191 e. The second kappa shape index (κ2) is 11.1. The molecule has 0 unspecified atom stereocenters. The summed E-state index contributed by atoms with van der Waals surface area (Å²) in [6, 6.07) is 7.33. The summed E-state index contributed by atoms with van der Waals surface area (Å²) < 4.78 is 7.33. The second-order valence-electron chi connectivity index (χ2n) is 4.73. The molecule has 0 aliphatic carbocycles. The van der Waals surface area contributed by atoms with E-state index in [4.69, 9.17) is 16.3 Å². The first-order valence-corrected chi connectivity index (χ1v) is 7.80. The SMILES string of the molecule is CCNC(=NCc1ncnn1C)NCCOc1cccc(Cl)c1.I. The number of hydrogen-bond donors (Lipinski definition) is 2. The fraction of sp³-hybridized carbons (Fsp3) is 0.400. The number of hydrogen-bond acceptors (Lipinski definition) is 4. The van der Waals surface area contributed by atoms with Gasteiger partial charge < -0.3 is 15.4 Å². The normalized spacial score (nSPS) is 10.9. The highest BCUT2D eigenvalue weighted by Gasteiger charge is 2.01. The van der Waals surface area contributed by atoms with E-state index in [1.807, 2.05) is 32.2 Å². The zero-order chi connectivity index (χ0) is 16.5. The molecule has 0 aliphatic rings. The van der Waals surface area contributed by atoms with Crippen LogP contribution in [0.15, 0.2) is 35.6 Å². The van der Waals surface area contributed by atoms with E-state index in [2.05, 4.69) is 25.7 Å². The summed E-state index contributed by atoms with van der Waals surface area (Å²) in [5.74, 6) is 2.27. The van der Waals surface area contributed by atoms with Crippen LogP contribution in [0.3, 0.4) is 0 Å². The largest absolute Gasteiger partial charge is 0.492 e. The lowest BCUT2D eigenvalue weighted by molar-refractivity contribution is 0.322. The van der Waals surface area contributed by atoms with Gasteiger partial charge in [0.05, 0.1) is 6.54 Å². The minimum atomic E-state index is 0. The third kappa shape index (κ3) is 6.91. The topological polar surface area (TPSA) is 76.4 Å². The van der Waals surface area contributed by atoms with Crippen LogP contribution in [0.5, 0.6) is 5.75 Å². The molecule has 0 aliphatic heterocycles. The van der Waals surface area contributed by atoms with Gasteiger partial charge in [-0.2, -0.15) is 5.10 Å². The summed E-state index contributed by atoms with van der Waals surface area (Å²) in [4.78, 5) is 8.61. The Morgan fingerprint density at radius 3 is 2.88 bits per heavy atom. The van der Waals surface area contributed by atoms with Crippen LogP contribution in [0.1, 0.15) is 12.7 Å². The van der Waals surface area contributed by atoms with Gasteiger partial charge in [-0.3, -0.25) is 4.68 Å². The van der Waals surface area contributed by atoms with Gasteiger partial charge >= 0.3 is 0 Å². The molecule has 7 nitrogen and oxygen atoms in total. The Balaban J connectivity index is 0.00000288. The van der Waals surface area contributed by atoms with Gasteiger partial charge in [0.2, 0.25) is 0 Å². The van der Waals surface area contributed by atoms with Crippen LogP contribution in [-0.2, 0) is 13.6 Å². The number of aryl methyl sites for hydroxylation is 1. The van der Waals surface area contributed by atoms with Crippen LogP contribution in [0.25, 0.3) is 0 Å². The number of aliphatic imine (C=N–C) groups is 1. The van der Waals surface area contributed by atoms with Crippen LogP contribution in [0.4, 0.5) is 0 Å². The van der Waals surface area contributed by atoms with Crippen LogP contribution in [0.2, 0.25) is 5.02 Å². The molecule has 2 aromatic rings. The average Bonchev–Trinajstić information content (AvgIpc) is 2.94. The van der Waals surface area contributed by atoms with Crippen molar-refractivity contribution in [2.75, 3.05) is 19.7 Å². The van der Waals surface area contributed by atoms with Gasteiger partial charge in [-0.25, -0.2) is 9.98 Å². The van der Waals surface area contributed by atoms with Crippen molar-refractivity contribution in [3.63, 3.8) is 0 Å². The summed E-state index contributed by atoms with van der Waals surface area (Å²) in [6.45, 7) is 4.38.